The minimum atomic E-state index is -1.16. The van der Waals surface area contributed by atoms with E-state index >= 15 is 0 Å². The Kier molecular flexibility index (Phi) is 7.71. The molecule has 1 saturated heterocycles. The Bertz CT molecular complexity index is 639. The largest absolute Gasteiger partial charge is 0.463 e. The van der Waals surface area contributed by atoms with Crippen LogP contribution in [0.2, 0.25) is 0 Å². The number of guanidine groups is 1. The first-order chi connectivity index (χ1) is 12.9. The molecule has 7 nitrogen and oxygen atoms in total. The summed E-state index contributed by atoms with van der Waals surface area (Å²) in [6, 6.07) is 3.88. The van der Waals surface area contributed by atoms with Gasteiger partial charge in [-0.25, -0.2) is 4.99 Å². The van der Waals surface area contributed by atoms with Crippen molar-refractivity contribution in [2.75, 3.05) is 26.2 Å². The van der Waals surface area contributed by atoms with Gasteiger partial charge in [0.1, 0.15) is 17.1 Å². The van der Waals surface area contributed by atoms with Crippen LogP contribution in [0.1, 0.15) is 58.0 Å². The Morgan fingerprint density at radius 3 is 2.74 bits per heavy atom. The molecule has 0 bridgehead atoms. The molecule has 1 fully saturated rings. The van der Waals surface area contributed by atoms with Crippen molar-refractivity contribution in [3.8, 4) is 0 Å². The summed E-state index contributed by atoms with van der Waals surface area (Å²) in [5.41, 5.74) is -1.16. The fraction of sp³-hybridized carbons (Fsp3) is 0.700. The highest BCUT2D eigenvalue weighted by molar-refractivity contribution is 5.80. The number of rotatable bonds is 9. The lowest BCUT2D eigenvalue weighted by Crippen LogP contribution is -2.42. The molecule has 152 valence electrons. The highest BCUT2D eigenvalue weighted by Crippen LogP contribution is 2.23. The number of aryl methyl sites for hydroxylation is 1. The SMILES string of the molecule is CCNC(=NCC(C)(O)c1ccc(C)o1)NCCC(CC)N1CCCC1=O. The second-order valence-electron chi connectivity index (χ2n) is 7.35. The number of nitrogens with one attached hydrogen (secondary N) is 2. The topological polar surface area (TPSA) is 90.1 Å². The van der Waals surface area contributed by atoms with Gasteiger partial charge in [0.05, 0.1) is 6.54 Å². The minimum absolute atomic E-state index is 0.192. The predicted molar refractivity (Wildman–Crippen MR) is 107 cm³/mol. The average molecular weight is 379 g/mol. The van der Waals surface area contributed by atoms with Crippen LogP contribution in [0.5, 0.6) is 0 Å². The monoisotopic (exact) mass is 378 g/mol. The zero-order valence-electron chi connectivity index (χ0n) is 17.0. The second kappa shape index (κ2) is 9.78. The maximum atomic E-state index is 12.0. The highest BCUT2D eigenvalue weighted by Gasteiger charge is 2.27. The van der Waals surface area contributed by atoms with Gasteiger partial charge in [-0.05, 0) is 52.2 Å². The van der Waals surface area contributed by atoms with Gasteiger partial charge < -0.3 is 25.1 Å². The Hall–Kier alpha value is -2.02. The number of carbonyl (C=O) groups is 1. The molecule has 7 heteroatoms. The summed E-state index contributed by atoms with van der Waals surface area (Å²) in [7, 11) is 0. The van der Waals surface area contributed by atoms with E-state index < -0.39 is 5.60 Å². The van der Waals surface area contributed by atoms with Crippen molar-refractivity contribution in [2.24, 2.45) is 4.99 Å². The summed E-state index contributed by atoms with van der Waals surface area (Å²) in [5, 5.41) is 17.2. The number of amides is 1. The second-order valence-corrected chi connectivity index (χ2v) is 7.35. The highest BCUT2D eigenvalue weighted by atomic mass is 16.4. The van der Waals surface area contributed by atoms with Gasteiger partial charge in [-0.15, -0.1) is 0 Å². The number of hydrogen-bond acceptors (Lipinski definition) is 4. The van der Waals surface area contributed by atoms with Crippen molar-refractivity contribution in [1.29, 1.82) is 0 Å². The molecule has 2 atom stereocenters. The molecule has 0 spiro atoms. The van der Waals surface area contributed by atoms with Crippen molar-refractivity contribution in [3.63, 3.8) is 0 Å². The third-order valence-electron chi connectivity index (χ3n) is 4.95. The molecule has 0 saturated carbocycles. The van der Waals surface area contributed by atoms with E-state index in [1.54, 1.807) is 13.0 Å². The molecular formula is C20H34N4O3. The predicted octanol–water partition coefficient (Wildman–Crippen LogP) is 2.14. The van der Waals surface area contributed by atoms with Crippen LogP contribution in [0.4, 0.5) is 0 Å². The quantitative estimate of drug-likeness (QED) is 0.452. The van der Waals surface area contributed by atoms with Gasteiger partial charge in [0, 0.05) is 32.1 Å². The van der Waals surface area contributed by atoms with Crippen molar-refractivity contribution >= 4 is 11.9 Å². The smallest absolute Gasteiger partial charge is 0.222 e. The standard InChI is InChI=1S/C20H34N4O3/c1-5-16(24-13-7-8-18(24)25)11-12-22-19(21-6-2)23-14-20(4,26)17-10-9-15(3)27-17/h9-10,16,26H,5-8,11-14H2,1-4H3,(H2,21,22,23). The number of furan rings is 1. The van der Waals surface area contributed by atoms with Crippen LogP contribution in [0.15, 0.2) is 21.5 Å². The zero-order valence-corrected chi connectivity index (χ0v) is 17.0. The molecular weight excluding hydrogens is 344 g/mol. The van der Waals surface area contributed by atoms with Crippen LogP contribution in [0, 0.1) is 6.92 Å². The molecule has 2 rings (SSSR count). The molecule has 2 heterocycles. The van der Waals surface area contributed by atoms with Gasteiger partial charge in [0.25, 0.3) is 0 Å². The van der Waals surface area contributed by atoms with E-state index in [-0.39, 0.29) is 18.5 Å². The summed E-state index contributed by atoms with van der Waals surface area (Å²) < 4.78 is 5.54. The van der Waals surface area contributed by atoms with Crippen LogP contribution >= 0.6 is 0 Å². The third kappa shape index (κ3) is 5.99. The third-order valence-corrected chi connectivity index (χ3v) is 4.95. The molecule has 0 radical (unpaired) electrons. The summed E-state index contributed by atoms with van der Waals surface area (Å²) in [6.07, 6.45) is 3.47. The van der Waals surface area contributed by atoms with Crippen molar-refractivity contribution in [2.45, 2.75) is 65.0 Å². The van der Waals surface area contributed by atoms with E-state index in [2.05, 4.69) is 22.5 Å². The number of hydrogen-bond donors (Lipinski definition) is 3. The van der Waals surface area contributed by atoms with Gasteiger partial charge in [-0.3, -0.25) is 4.79 Å². The van der Waals surface area contributed by atoms with Crippen LogP contribution < -0.4 is 10.6 Å². The number of aliphatic hydroxyl groups is 1. The lowest BCUT2D eigenvalue weighted by atomic mass is 10.0. The first-order valence-electron chi connectivity index (χ1n) is 9.98. The number of carbonyl (C=O) groups excluding carboxylic acids is 1. The van der Waals surface area contributed by atoms with E-state index in [0.29, 0.717) is 18.1 Å². The van der Waals surface area contributed by atoms with Crippen LogP contribution in [-0.4, -0.2) is 54.1 Å². The summed E-state index contributed by atoms with van der Waals surface area (Å²) in [6.45, 7) is 10.2. The summed E-state index contributed by atoms with van der Waals surface area (Å²) in [5.74, 6) is 2.20. The van der Waals surface area contributed by atoms with Crippen molar-refractivity contribution in [1.82, 2.24) is 15.5 Å². The van der Waals surface area contributed by atoms with Crippen LogP contribution in [-0.2, 0) is 10.4 Å². The van der Waals surface area contributed by atoms with Gasteiger partial charge in [0.2, 0.25) is 5.91 Å². The normalized spacial score (nSPS) is 18.5. The van der Waals surface area contributed by atoms with Crippen molar-refractivity contribution < 1.29 is 14.3 Å². The van der Waals surface area contributed by atoms with Crippen LogP contribution in [0.25, 0.3) is 0 Å². The van der Waals surface area contributed by atoms with E-state index in [1.807, 2.05) is 24.8 Å². The van der Waals surface area contributed by atoms with Crippen molar-refractivity contribution in [3.05, 3.63) is 23.7 Å². The lowest BCUT2D eigenvalue weighted by molar-refractivity contribution is -0.129. The molecule has 1 aliphatic heterocycles. The number of likely N-dealkylation sites (tertiary alicyclic amines) is 1. The molecule has 3 N–H and O–H groups in total. The van der Waals surface area contributed by atoms with E-state index in [9.17, 15) is 9.90 Å². The zero-order chi connectivity index (χ0) is 19.9. The number of aliphatic imine (C=N–C) groups is 1. The Balaban J connectivity index is 1.90. The maximum absolute atomic E-state index is 12.0. The molecule has 1 aromatic rings. The summed E-state index contributed by atoms with van der Waals surface area (Å²) in [4.78, 5) is 18.5. The summed E-state index contributed by atoms with van der Waals surface area (Å²) >= 11 is 0. The molecule has 0 aromatic carbocycles. The van der Waals surface area contributed by atoms with Gasteiger partial charge in [-0.2, -0.15) is 0 Å². The minimum Gasteiger partial charge on any atom is -0.463 e. The fourth-order valence-electron chi connectivity index (χ4n) is 3.37. The fourth-order valence-corrected chi connectivity index (χ4v) is 3.37. The Morgan fingerprint density at radius 2 is 2.19 bits per heavy atom. The van der Waals surface area contributed by atoms with Gasteiger partial charge in [0.15, 0.2) is 5.96 Å². The molecule has 1 aliphatic rings. The Morgan fingerprint density at radius 1 is 1.41 bits per heavy atom. The number of nitrogens with zero attached hydrogens (tertiary/aromatic N) is 2. The molecule has 27 heavy (non-hydrogen) atoms. The average Bonchev–Trinajstić information content (AvgIpc) is 3.25. The Labute approximate surface area is 162 Å². The molecule has 1 aromatic heterocycles. The van der Waals surface area contributed by atoms with E-state index in [1.165, 1.54) is 0 Å². The first-order valence-corrected chi connectivity index (χ1v) is 9.98. The van der Waals surface area contributed by atoms with Gasteiger partial charge in [-0.1, -0.05) is 6.92 Å². The maximum Gasteiger partial charge on any atom is 0.222 e. The molecule has 2 unspecified atom stereocenters. The van der Waals surface area contributed by atoms with E-state index in [0.717, 1.165) is 44.7 Å². The van der Waals surface area contributed by atoms with Crippen LogP contribution in [0.3, 0.4) is 0 Å². The molecule has 1 amide bonds. The van der Waals surface area contributed by atoms with E-state index in [4.69, 9.17) is 4.42 Å². The molecule has 0 aliphatic carbocycles. The van der Waals surface area contributed by atoms with Gasteiger partial charge >= 0.3 is 0 Å². The first kappa shape index (κ1) is 21.3. The lowest BCUT2D eigenvalue weighted by Gasteiger charge is -2.27.